The molecule has 0 aliphatic heterocycles. The molecule has 4 nitrogen and oxygen atoms in total. The molecule has 0 spiro atoms. The number of rotatable bonds is 6. The van der Waals surface area contributed by atoms with E-state index in [4.69, 9.17) is 17.0 Å². The Labute approximate surface area is 169 Å². The number of aromatic nitrogens is 1. The van der Waals surface area contributed by atoms with E-state index in [2.05, 4.69) is 25.8 Å². The molecule has 0 radical (unpaired) electrons. The Morgan fingerprint density at radius 2 is 1.96 bits per heavy atom. The van der Waals surface area contributed by atoms with E-state index in [0.29, 0.717) is 22.2 Å². The lowest BCUT2D eigenvalue weighted by atomic mass is 9.88. The minimum Gasteiger partial charge on any atom is -0.758 e. The molecule has 0 aliphatic carbocycles. The standard InChI is InChI=1S/C21H22N2O2S2/c1-21(2,3)15-8-10-23(11-9-15)18(19(24)17-7-5-13-27-17)20(26)22-14-16-6-4-12-25-16/h4-13,18H,14H2,1-3H3/t18-/m0/s1. The summed E-state index contributed by atoms with van der Waals surface area (Å²) in [6, 6.07) is 10.7. The third kappa shape index (κ3) is 4.70. The second kappa shape index (κ2) is 8.15. The number of pyridine rings is 1. The first-order chi connectivity index (χ1) is 12.9. The fourth-order valence-corrected chi connectivity index (χ4v) is 3.67. The minimum absolute atomic E-state index is 0.0382. The van der Waals surface area contributed by atoms with E-state index in [-0.39, 0.29) is 11.2 Å². The summed E-state index contributed by atoms with van der Waals surface area (Å²) < 4.78 is 7.15. The third-order valence-electron chi connectivity index (χ3n) is 4.23. The number of carbonyl (C=O) groups is 1. The molecule has 27 heavy (non-hydrogen) atoms. The zero-order valence-corrected chi connectivity index (χ0v) is 17.2. The number of thiophene rings is 1. The zero-order valence-electron chi connectivity index (χ0n) is 15.6. The maximum atomic E-state index is 13.1. The van der Waals surface area contributed by atoms with Gasteiger partial charge in [-0.05, 0) is 39.6 Å². The normalized spacial score (nSPS) is 13.5. The lowest BCUT2D eigenvalue weighted by Crippen LogP contribution is -2.47. The first-order valence-corrected chi connectivity index (χ1v) is 9.98. The van der Waals surface area contributed by atoms with Crippen molar-refractivity contribution in [3.63, 3.8) is 0 Å². The predicted octanol–water partition coefficient (Wildman–Crippen LogP) is 4.50. The third-order valence-corrected chi connectivity index (χ3v) is 5.47. The Bertz CT molecular complexity index is 906. The van der Waals surface area contributed by atoms with Crippen LogP contribution in [0.25, 0.3) is 0 Å². The van der Waals surface area contributed by atoms with Crippen LogP contribution in [0.2, 0.25) is 0 Å². The molecule has 0 saturated carbocycles. The van der Waals surface area contributed by atoms with Crippen LogP contribution in [0.5, 0.6) is 0 Å². The van der Waals surface area contributed by atoms with E-state index < -0.39 is 6.04 Å². The van der Waals surface area contributed by atoms with E-state index in [1.807, 2.05) is 58.7 Å². The second-order valence-corrected chi connectivity index (χ2v) is 8.63. The highest BCUT2D eigenvalue weighted by molar-refractivity contribution is 7.77. The monoisotopic (exact) mass is 398 g/mol. The highest BCUT2D eigenvalue weighted by Crippen LogP contribution is 2.21. The molecule has 3 aromatic rings. The van der Waals surface area contributed by atoms with E-state index in [1.165, 1.54) is 16.9 Å². The summed E-state index contributed by atoms with van der Waals surface area (Å²) in [5.41, 5.74) is 1.23. The van der Waals surface area contributed by atoms with Gasteiger partial charge in [-0.2, -0.15) is 4.57 Å². The van der Waals surface area contributed by atoms with Crippen LogP contribution in [0.3, 0.4) is 0 Å². The van der Waals surface area contributed by atoms with Gasteiger partial charge in [0.05, 0.1) is 17.7 Å². The van der Waals surface area contributed by atoms with E-state index >= 15 is 0 Å². The number of Topliss-reactive ketones (excluding diaryl/α,β-unsaturated/α-hetero) is 1. The van der Waals surface area contributed by atoms with Crippen molar-refractivity contribution in [1.29, 1.82) is 0 Å². The Morgan fingerprint density at radius 3 is 2.52 bits per heavy atom. The molecular weight excluding hydrogens is 376 g/mol. The SMILES string of the molecule is CC(C)(C)c1cc[n+]([C@@H](C(=O)c2cccs2)C([S-])=NCc2ccco2)cc1. The lowest BCUT2D eigenvalue weighted by Gasteiger charge is -2.20. The van der Waals surface area contributed by atoms with Gasteiger partial charge in [0.25, 0.3) is 0 Å². The maximum absolute atomic E-state index is 13.1. The molecular formula is C21H22N2O2S2. The predicted molar refractivity (Wildman–Crippen MR) is 110 cm³/mol. The van der Waals surface area contributed by atoms with E-state index in [0.717, 1.165) is 0 Å². The molecule has 3 rings (SSSR count). The molecule has 0 N–H and O–H groups in total. The summed E-state index contributed by atoms with van der Waals surface area (Å²) in [6.07, 6.45) is 5.42. The zero-order chi connectivity index (χ0) is 19.4. The van der Waals surface area contributed by atoms with Crippen molar-refractivity contribution >= 4 is 34.8 Å². The van der Waals surface area contributed by atoms with Crippen LogP contribution in [-0.4, -0.2) is 10.8 Å². The number of ketones is 1. The average Bonchev–Trinajstić information content (AvgIpc) is 3.33. The van der Waals surface area contributed by atoms with Crippen LogP contribution < -0.4 is 4.57 Å². The number of hydrogen-bond acceptors (Lipinski definition) is 5. The van der Waals surface area contributed by atoms with E-state index in [1.54, 1.807) is 6.26 Å². The molecule has 0 unspecified atom stereocenters. The van der Waals surface area contributed by atoms with Gasteiger partial charge < -0.3 is 22.0 Å². The topological polar surface area (TPSA) is 46.5 Å². The number of hydrogen-bond donors (Lipinski definition) is 0. The molecule has 0 aromatic carbocycles. The maximum Gasteiger partial charge on any atom is 0.244 e. The lowest BCUT2D eigenvalue weighted by molar-refractivity contribution is -0.692. The van der Waals surface area contributed by atoms with Gasteiger partial charge >= 0.3 is 0 Å². The van der Waals surface area contributed by atoms with Crippen LogP contribution in [0.15, 0.2) is 69.8 Å². The van der Waals surface area contributed by atoms with Gasteiger partial charge in [0.15, 0.2) is 12.4 Å². The quantitative estimate of drug-likeness (QED) is 0.202. The van der Waals surface area contributed by atoms with Crippen molar-refractivity contribution < 1.29 is 13.8 Å². The van der Waals surface area contributed by atoms with Gasteiger partial charge in [0.1, 0.15) is 5.76 Å². The Kier molecular flexibility index (Phi) is 5.87. The summed E-state index contributed by atoms with van der Waals surface area (Å²) >= 11 is 6.95. The highest BCUT2D eigenvalue weighted by Gasteiger charge is 2.29. The van der Waals surface area contributed by atoms with Crippen LogP contribution >= 0.6 is 11.3 Å². The summed E-state index contributed by atoms with van der Waals surface area (Å²) in [5, 5.41) is 2.24. The summed E-state index contributed by atoms with van der Waals surface area (Å²) in [6.45, 7) is 6.79. The Balaban J connectivity index is 1.94. The molecule has 3 aromatic heterocycles. The number of furan rings is 1. The first kappa shape index (κ1) is 19.5. The van der Waals surface area contributed by atoms with Crippen molar-refractivity contribution in [2.45, 2.75) is 38.8 Å². The van der Waals surface area contributed by atoms with E-state index in [9.17, 15) is 4.79 Å². The van der Waals surface area contributed by atoms with Crippen molar-refractivity contribution in [3.8, 4) is 0 Å². The van der Waals surface area contributed by atoms with Crippen molar-refractivity contribution in [3.05, 3.63) is 76.6 Å². The smallest absolute Gasteiger partial charge is 0.244 e. The van der Waals surface area contributed by atoms with Crippen LogP contribution in [0.1, 0.15) is 47.8 Å². The molecule has 3 heterocycles. The summed E-state index contributed by atoms with van der Waals surface area (Å²) in [7, 11) is 0. The molecule has 140 valence electrons. The summed E-state index contributed by atoms with van der Waals surface area (Å²) in [5.74, 6) is 0.666. The molecule has 0 amide bonds. The second-order valence-electron chi connectivity index (χ2n) is 7.26. The van der Waals surface area contributed by atoms with Gasteiger partial charge in [-0.3, -0.25) is 4.79 Å². The van der Waals surface area contributed by atoms with Gasteiger partial charge in [0, 0.05) is 12.1 Å². The van der Waals surface area contributed by atoms with Crippen LogP contribution in [0, 0.1) is 0 Å². The van der Waals surface area contributed by atoms with Crippen molar-refractivity contribution in [1.82, 2.24) is 0 Å². The fourth-order valence-electron chi connectivity index (χ4n) is 2.68. The first-order valence-electron chi connectivity index (χ1n) is 8.69. The number of aliphatic imine (C=N–C) groups is 1. The molecule has 0 aliphatic rings. The Morgan fingerprint density at radius 1 is 1.22 bits per heavy atom. The molecule has 0 fully saturated rings. The van der Waals surface area contributed by atoms with Crippen LogP contribution in [0.4, 0.5) is 0 Å². The molecule has 0 bridgehead atoms. The highest BCUT2D eigenvalue weighted by atomic mass is 32.1. The largest absolute Gasteiger partial charge is 0.758 e. The van der Waals surface area contributed by atoms with Gasteiger partial charge in [-0.1, -0.05) is 26.8 Å². The molecule has 1 atom stereocenters. The fraction of sp³-hybridized carbons (Fsp3) is 0.286. The van der Waals surface area contributed by atoms with Gasteiger partial charge in [0.2, 0.25) is 11.8 Å². The molecule has 6 heteroatoms. The van der Waals surface area contributed by atoms with Crippen molar-refractivity contribution in [2.75, 3.05) is 0 Å². The van der Waals surface area contributed by atoms with Crippen molar-refractivity contribution in [2.24, 2.45) is 4.99 Å². The number of carbonyl (C=O) groups excluding carboxylic acids is 1. The van der Waals surface area contributed by atoms with Gasteiger partial charge in [-0.15, -0.1) is 11.3 Å². The minimum atomic E-state index is -0.650. The average molecular weight is 399 g/mol. The van der Waals surface area contributed by atoms with Crippen LogP contribution in [-0.2, 0) is 24.6 Å². The Hall–Kier alpha value is -2.31. The number of nitrogens with zero attached hydrogens (tertiary/aromatic N) is 2. The molecule has 0 saturated heterocycles. The van der Waals surface area contributed by atoms with Gasteiger partial charge in [-0.25, -0.2) is 0 Å². The summed E-state index contributed by atoms with van der Waals surface area (Å²) in [4.78, 5) is 18.2.